The number of nitrogens with one attached hydrogen (secondary N) is 1. The molecule has 0 atom stereocenters. The number of carboxylic acid groups (broad SMARTS) is 1. The van der Waals surface area contributed by atoms with Crippen molar-refractivity contribution in [2.75, 3.05) is 5.32 Å². The number of carboxylic acids is 1. The Kier molecular flexibility index (Phi) is 3.18. The average Bonchev–Trinajstić information content (AvgIpc) is 2.35. The summed E-state index contributed by atoms with van der Waals surface area (Å²) < 4.78 is 26.4. The SMILES string of the molecule is O=C(O)c1ccncc1Nc1cccc(F)c1F. The van der Waals surface area contributed by atoms with Gasteiger partial charge in [-0.05, 0) is 18.2 Å². The maximum atomic E-state index is 13.4. The zero-order valence-electron chi connectivity index (χ0n) is 9.02. The van der Waals surface area contributed by atoms with Crippen molar-refractivity contribution in [3.05, 3.63) is 53.9 Å². The number of aromatic nitrogens is 1. The molecule has 0 fully saturated rings. The van der Waals surface area contributed by atoms with Gasteiger partial charge in [-0.25, -0.2) is 13.6 Å². The summed E-state index contributed by atoms with van der Waals surface area (Å²) >= 11 is 0. The number of nitrogens with zero attached hydrogens (tertiary/aromatic N) is 1. The third kappa shape index (κ3) is 2.27. The third-order valence-electron chi connectivity index (χ3n) is 2.27. The van der Waals surface area contributed by atoms with Crippen LogP contribution in [0.25, 0.3) is 0 Å². The highest BCUT2D eigenvalue weighted by molar-refractivity contribution is 5.94. The van der Waals surface area contributed by atoms with Crippen molar-refractivity contribution in [2.45, 2.75) is 0 Å². The van der Waals surface area contributed by atoms with Gasteiger partial charge in [-0.15, -0.1) is 0 Å². The van der Waals surface area contributed by atoms with Gasteiger partial charge in [-0.3, -0.25) is 4.98 Å². The van der Waals surface area contributed by atoms with Gasteiger partial charge in [0, 0.05) is 6.20 Å². The van der Waals surface area contributed by atoms with E-state index in [0.717, 1.165) is 6.07 Å². The number of benzene rings is 1. The van der Waals surface area contributed by atoms with Crippen LogP contribution in [-0.2, 0) is 0 Å². The predicted octanol–water partition coefficient (Wildman–Crippen LogP) is 2.80. The minimum atomic E-state index is -1.18. The molecule has 1 aromatic heterocycles. The van der Waals surface area contributed by atoms with Crippen molar-refractivity contribution in [3.63, 3.8) is 0 Å². The lowest BCUT2D eigenvalue weighted by atomic mass is 10.2. The van der Waals surface area contributed by atoms with Gasteiger partial charge < -0.3 is 10.4 Å². The number of carbonyl (C=O) groups is 1. The molecular formula is C12H8F2N2O2. The van der Waals surface area contributed by atoms with Crippen molar-refractivity contribution in [2.24, 2.45) is 0 Å². The lowest BCUT2D eigenvalue weighted by Gasteiger charge is -2.09. The van der Waals surface area contributed by atoms with Crippen molar-refractivity contribution in [1.29, 1.82) is 0 Å². The van der Waals surface area contributed by atoms with E-state index < -0.39 is 17.6 Å². The van der Waals surface area contributed by atoms with Gasteiger partial charge in [-0.2, -0.15) is 0 Å². The average molecular weight is 250 g/mol. The molecule has 92 valence electrons. The molecule has 2 aromatic rings. The standard InChI is InChI=1S/C12H8F2N2O2/c13-8-2-1-3-9(11(8)14)16-10-6-15-5-4-7(10)12(17)18/h1-6,16H,(H,17,18). The van der Waals surface area contributed by atoms with Gasteiger partial charge in [-0.1, -0.05) is 6.07 Å². The Balaban J connectivity index is 2.40. The lowest BCUT2D eigenvalue weighted by molar-refractivity contribution is 0.0698. The van der Waals surface area contributed by atoms with Crippen molar-refractivity contribution >= 4 is 17.3 Å². The summed E-state index contributed by atoms with van der Waals surface area (Å²) in [4.78, 5) is 14.7. The topological polar surface area (TPSA) is 62.2 Å². The van der Waals surface area contributed by atoms with Crippen molar-refractivity contribution in [1.82, 2.24) is 4.98 Å². The number of halogens is 2. The summed E-state index contributed by atoms with van der Waals surface area (Å²) in [7, 11) is 0. The zero-order valence-corrected chi connectivity index (χ0v) is 9.02. The van der Waals surface area contributed by atoms with Crippen molar-refractivity contribution in [3.8, 4) is 0 Å². The Labute approximate surface area is 101 Å². The quantitative estimate of drug-likeness (QED) is 0.879. The Morgan fingerprint density at radius 3 is 2.72 bits per heavy atom. The van der Waals surface area contributed by atoms with E-state index in [-0.39, 0.29) is 16.9 Å². The second-order valence-electron chi connectivity index (χ2n) is 3.45. The molecule has 1 aromatic carbocycles. The fraction of sp³-hybridized carbons (Fsp3) is 0. The van der Waals surface area contributed by atoms with E-state index in [0.29, 0.717) is 0 Å². The van der Waals surface area contributed by atoms with Crippen LogP contribution >= 0.6 is 0 Å². The maximum Gasteiger partial charge on any atom is 0.337 e. The monoisotopic (exact) mass is 250 g/mol. The molecule has 0 saturated carbocycles. The molecule has 0 aliphatic heterocycles. The molecule has 4 nitrogen and oxygen atoms in total. The van der Waals surface area contributed by atoms with Crippen LogP contribution < -0.4 is 5.32 Å². The number of anilines is 2. The molecule has 0 bridgehead atoms. The van der Waals surface area contributed by atoms with Gasteiger partial charge in [0.1, 0.15) is 0 Å². The Hall–Kier alpha value is -2.50. The van der Waals surface area contributed by atoms with Gasteiger partial charge >= 0.3 is 5.97 Å². The molecule has 2 rings (SSSR count). The lowest BCUT2D eigenvalue weighted by Crippen LogP contribution is -2.04. The maximum absolute atomic E-state index is 13.4. The first-order valence-corrected chi connectivity index (χ1v) is 4.98. The summed E-state index contributed by atoms with van der Waals surface area (Å²) in [5, 5.41) is 11.4. The Morgan fingerprint density at radius 2 is 2.00 bits per heavy atom. The molecule has 0 spiro atoms. The van der Waals surface area contributed by atoms with Gasteiger partial charge in [0.05, 0.1) is 23.1 Å². The van der Waals surface area contributed by atoms with E-state index in [1.54, 1.807) is 0 Å². The minimum absolute atomic E-state index is 0.0753. The number of pyridine rings is 1. The van der Waals surface area contributed by atoms with Gasteiger partial charge in [0.15, 0.2) is 11.6 Å². The van der Waals surface area contributed by atoms with Crippen molar-refractivity contribution < 1.29 is 18.7 Å². The summed E-state index contributed by atoms with van der Waals surface area (Å²) in [5.41, 5.74) is -0.131. The molecule has 1 heterocycles. The van der Waals surface area contributed by atoms with Crippen LogP contribution in [0.5, 0.6) is 0 Å². The fourth-order valence-electron chi connectivity index (χ4n) is 1.43. The molecule has 0 aliphatic carbocycles. The number of aromatic carboxylic acids is 1. The van der Waals surface area contributed by atoms with Crippen LogP contribution in [0.1, 0.15) is 10.4 Å². The summed E-state index contributed by atoms with van der Waals surface area (Å²) in [6.45, 7) is 0. The number of rotatable bonds is 3. The molecule has 0 unspecified atom stereocenters. The zero-order chi connectivity index (χ0) is 13.1. The Morgan fingerprint density at radius 1 is 1.22 bits per heavy atom. The summed E-state index contributed by atoms with van der Waals surface area (Å²) in [6.07, 6.45) is 2.53. The highest BCUT2D eigenvalue weighted by atomic mass is 19.2. The highest BCUT2D eigenvalue weighted by Gasteiger charge is 2.13. The van der Waals surface area contributed by atoms with Gasteiger partial charge in [0.25, 0.3) is 0 Å². The fourth-order valence-corrected chi connectivity index (χ4v) is 1.43. The highest BCUT2D eigenvalue weighted by Crippen LogP contribution is 2.23. The molecule has 0 aliphatic rings. The van der Waals surface area contributed by atoms with Crippen LogP contribution in [-0.4, -0.2) is 16.1 Å². The predicted molar refractivity (Wildman–Crippen MR) is 60.8 cm³/mol. The van der Waals surface area contributed by atoms with E-state index in [1.807, 2.05) is 0 Å². The first kappa shape index (κ1) is 12.0. The molecule has 0 saturated heterocycles. The minimum Gasteiger partial charge on any atom is -0.478 e. The molecule has 6 heteroatoms. The molecule has 0 radical (unpaired) electrons. The first-order valence-electron chi connectivity index (χ1n) is 4.98. The normalized spacial score (nSPS) is 10.1. The molecule has 0 amide bonds. The van der Waals surface area contributed by atoms with E-state index >= 15 is 0 Å². The third-order valence-corrected chi connectivity index (χ3v) is 2.27. The van der Waals surface area contributed by atoms with Crippen LogP contribution in [0.15, 0.2) is 36.7 Å². The van der Waals surface area contributed by atoms with Crippen LogP contribution in [0.2, 0.25) is 0 Å². The molecule has 2 N–H and O–H groups in total. The number of hydrogen-bond acceptors (Lipinski definition) is 3. The van der Waals surface area contributed by atoms with Crippen LogP contribution in [0.4, 0.5) is 20.2 Å². The summed E-state index contributed by atoms with van der Waals surface area (Å²) in [6, 6.07) is 4.86. The van der Waals surface area contributed by atoms with E-state index in [4.69, 9.17) is 5.11 Å². The molecular weight excluding hydrogens is 242 g/mol. The van der Waals surface area contributed by atoms with Gasteiger partial charge in [0.2, 0.25) is 0 Å². The smallest absolute Gasteiger partial charge is 0.337 e. The summed E-state index contributed by atoms with van der Waals surface area (Å²) in [5.74, 6) is -3.27. The second-order valence-corrected chi connectivity index (χ2v) is 3.45. The van der Waals surface area contributed by atoms with E-state index in [2.05, 4.69) is 10.3 Å². The number of hydrogen-bond donors (Lipinski definition) is 2. The van der Waals surface area contributed by atoms with E-state index in [9.17, 15) is 13.6 Å². The van der Waals surface area contributed by atoms with Crippen LogP contribution in [0.3, 0.4) is 0 Å². The molecule has 18 heavy (non-hydrogen) atoms. The Bertz CT molecular complexity index is 602. The van der Waals surface area contributed by atoms with E-state index in [1.165, 1.54) is 30.6 Å². The largest absolute Gasteiger partial charge is 0.478 e. The first-order chi connectivity index (χ1) is 8.59. The van der Waals surface area contributed by atoms with Crippen LogP contribution in [0, 0.1) is 11.6 Å². The second kappa shape index (κ2) is 4.79.